The summed E-state index contributed by atoms with van der Waals surface area (Å²) in [6, 6.07) is 9.20. The minimum atomic E-state index is -3.36. The molecule has 1 aromatic rings. The van der Waals surface area contributed by atoms with Gasteiger partial charge in [-0.2, -0.15) is 4.31 Å². The Kier molecular flexibility index (Phi) is 7.87. The molecule has 3 rings (SSSR count). The molecule has 2 saturated heterocycles. The van der Waals surface area contributed by atoms with Gasteiger partial charge < -0.3 is 10.6 Å². The average molecular weight is 431 g/mol. The average Bonchev–Trinajstić information content (AvgIpc) is 3.04. The van der Waals surface area contributed by atoms with Crippen molar-refractivity contribution >= 4 is 28.3 Å². The van der Waals surface area contributed by atoms with Crippen LogP contribution in [0.15, 0.2) is 30.3 Å². The van der Waals surface area contributed by atoms with Gasteiger partial charge >= 0.3 is 0 Å². The minimum absolute atomic E-state index is 0. The molecule has 2 aliphatic heterocycles. The summed E-state index contributed by atoms with van der Waals surface area (Å²) < 4.78 is 26.7. The van der Waals surface area contributed by atoms with Gasteiger partial charge in [0.15, 0.2) is 0 Å². The largest absolute Gasteiger partial charge is 0.339 e. The number of carbonyl (C=O) groups is 1. The van der Waals surface area contributed by atoms with Crippen LogP contribution in [0.25, 0.3) is 0 Å². The molecule has 2 fully saturated rings. The van der Waals surface area contributed by atoms with Crippen LogP contribution in [0.1, 0.15) is 18.9 Å². The Morgan fingerprint density at radius 1 is 1.11 bits per heavy atom. The maximum absolute atomic E-state index is 12.6. The lowest BCUT2D eigenvalue weighted by molar-refractivity contribution is -0.133. The number of rotatable bonds is 6. The van der Waals surface area contributed by atoms with E-state index in [0.29, 0.717) is 39.3 Å². The van der Waals surface area contributed by atoms with Gasteiger partial charge in [-0.25, -0.2) is 8.42 Å². The number of nitrogens with zero attached hydrogens (tertiary/aromatic N) is 3. The van der Waals surface area contributed by atoms with Gasteiger partial charge in [-0.1, -0.05) is 37.3 Å². The molecular formula is C19H31ClN4O3S. The van der Waals surface area contributed by atoms with E-state index in [0.717, 1.165) is 25.1 Å². The van der Waals surface area contributed by atoms with Crippen LogP contribution >= 0.6 is 12.4 Å². The van der Waals surface area contributed by atoms with E-state index in [1.165, 1.54) is 4.31 Å². The number of carbonyl (C=O) groups excluding carboxylic acids is 1. The molecule has 28 heavy (non-hydrogen) atoms. The monoisotopic (exact) mass is 430 g/mol. The molecule has 0 bridgehead atoms. The van der Waals surface area contributed by atoms with Crippen molar-refractivity contribution in [3.63, 3.8) is 0 Å². The Hall–Kier alpha value is -1.19. The molecule has 1 atom stereocenters. The predicted molar refractivity (Wildman–Crippen MR) is 113 cm³/mol. The van der Waals surface area contributed by atoms with Crippen LogP contribution in [0.5, 0.6) is 0 Å². The zero-order valence-corrected chi connectivity index (χ0v) is 18.1. The SMILES string of the molecule is CC1(CN)CCN(CC(=O)N2CCN(S(=O)(=O)Cc3ccccc3)CC2)C1.Cl. The van der Waals surface area contributed by atoms with Crippen molar-refractivity contribution in [1.29, 1.82) is 0 Å². The van der Waals surface area contributed by atoms with Crippen molar-refractivity contribution in [2.45, 2.75) is 19.1 Å². The molecule has 1 aromatic carbocycles. The van der Waals surface area contributed by atoms with E-state index in [9.17, 15) is 13.2 Å². The third-order valence-corrected chi connectivity index (χ3v) is 7.52. The smallest absolute Gasteiger partial charge is 0.236 e. The second kappa shape index (κ2) is 9.54. The van der Waals surface area contributed by atoms with Crippen LogP contribution in [-0.4, -0.2) is 80.8 Å². The number of amides is 1. The maximum Gasteiger partial charge on any atom is 0.236 e. The highest BCUT2D eigenvalue weighted by atomic mass is 35.5. The Balaban J connectivity index is 0.00000280. The van der Waals surface area contributed by atoms with Crippen LogP contribution in [0, 0.1) is 5.41 Å². The summed E-state index contributed by atoms with van der Waals surface area (Å²) in [5.41, 5.74) is 6.72. The number of sulfonamides is 1. The van der Waals surface area contributed by atoms with Crippen molar-refractivity contribution < 1.29 is 13.2 Å². The van der Waals surface area contributed by atoms with E-state index >= 15 is 0 Å². The van der Waals surface area contributed by atoms with Crippen molar-refractivity contribution in [3.8, 4) is 0 Å². The first kappa shape index (κ1) is 23.1. The Bertz CT molecular complexity index is 754. The third kappa shape index (κ3) is 5.67. The van der Waals surface area contributed by atoms with E-state index in [2.05, 4.69) is 11.8 Å². The van der Waals surface area contributed by atoms with E-state index in [1.54, 1.807) is 4.90 Å². The Morgan fingerprint density at radius 2 is 1.75 bits per heavy atom. The summed E-state index contributed by atoms with van der Waals surface area (Å²) in [4.78, 5) is 16.5. The van der Waals surface area contributed by atoms with Crippen LogP contribution in [-0.2, 0) is 20.6 Å². The van der Waals surface area contributed by atoms with Crippen LogP contribution in [0.4, 0.5) is 0 Å². The Labute approximate surface area is 174 Å². The fourth-order valence-electron chi connectivity index (χ4n) is 3.81. The second-order valence-corrected chi connectivity index (χ2v) is 9.97. The fourth-order valence-corrected chi connectivity index (χ4v) is 5.33. The quantitative estimate of drug-likeness (QED) is 0.719. The van der Waals surface area contributed by atoms with Gasteiger partial charge in [0.05, 0.1) is 12.3 Å². The van der Waals surface area contributed by atoms with E-state index in [1.807, 2.05) is 30.3 Å². The summed E-state index contributed by atoms with van der Waals surface area (Å²) in [5.74, 6) is 0.0872. The first-order valence-corrected chi connectivity index (χ1v) is 11.1. The van der Waals surface area contributed by atoms with Crippen molar-refractivity contribution in [3.05, 3.63) is 35.9 Å². The summed E-state index contributed by atoms with van der Waals surface area (Å²) in [6.07, 6.45) is 1.02. The molecule has 1 amide bonds. The molecule has 9 heteroatoms. The summed E-state index contributed by atoms with van der Waals surface area (Å²) in [5, 5.41) is 0. The molecule has 7 nitrogen and oxygen atoms in total. The molecule has 0 aliphatic carbocycles. The van der Waals surface area contributed by atoms with E-state index in [4.69, 9.17) is 5.73 Å². The van der Waals surface area contributed by atoms with Gasteiger partial charge in [0.25, 0.3) is 0 Å². The van der Waals surface area contributed by atoms with Crippen LogP contribution in [0.2, 0.25) is 0 Å². The van der Waals surface area contributed by atoms with Gasteiger partial charge in [-0.05, 0) is 30.5 Å². The minimum Gasteiger partial charge on any atom is -0.339 e. The molecule has 0 saturated carbocycles. The first-order valence-electron chi connectivity index (χ1n) is 9.53. The number of nitrogens with two attached hydrogens (primary N) is 1. The lowest BCUT2D eigenvalue weighted by Crippen LogP contribution is -2.52. The highest BCUT2D eigenvalue weighted by Gasteiger charge is 2.35. The standard InChI is InChI=1S/C19H30N4O3S.ClH/c1-19(15-20)7-8-21(16-19)13-18(24)22-9-11-23(12-10-22)27(25,26)14-17-5-3-2-4-6-17;/h2-6H,7-16,20H2,1H3;1H. The Morgan fingerprint density at radius 3 is 2.32 bits per heavy atom. The molecule has 1 unspecified atom stereocenters. The topological polar surface area (TPSA) is 86.9 Å². The van der Waals surface area contributed by atoms with Gasteiger partial charge in [0, 0.05) is 32.7 Å². The highest BCUT2D eigenvalue weighted by Crippen LogP contribution is 2.28. The lowest BCUT2D eigenvalue weighted by atomic mass is 9.90. The van der Waals surface area contributed by atoms with E-state index in [-0.39, 0.29) is 29.5 Å². The van der Waals surface area contributed by atoms with Gasteiger partial charge in [0.1, 0.15) is 0 Å². The fraction of sp³-hybridized carbons (Fsp3) is 0.632. The molecule has 0 radical (unpaired) electrons. The first-order chi connectivity index (χ1) is 12.8. The lowest BCUT2D eigenvalue weighted by Gasteiger charge is -2.35. The highest BCUT2D eigenvalue weighted by molar-refractivity contribution is 7.88. The second-order valence-electron chi connectivity index (χ2n) is 8.00. The maximum atomic E-state index is 12.6. The van der Waals surface area contributed by atoms with Crippen LogP contribution < -0.4 is 5.73 Å². The molecule has 2 N–H and O–H groups in total. The summed E-state index contributed by atoms with van der Waals surface area (Å²) >= 11 is 0. The van der Waals surface area contributed by atoms with Crippen molar-refractivity contribution in [1.82, 2.24) is 14.1 Å². The predicted octanol–water partition coefficient (Wildman–Crippen LogP) is 0.753. The van der Waals surface area contributed by atoms with Gasteiger partial charge in [-0.3, -0.25) is 9.69 Å². The molecule has 2 aliphatic rings. The summed E-state index contributed by atoms with van der Waals surface area (Å²) in [7, 11) is -3.36. The van der Waals surface area contributed by atoms with E-state index < -0.39 is 10.0 Å². The van der Waals surface area contributed by atoms with Crippen molar-refractivity contribution in [2.75, 3.05) is 52.4 Å². The molecule has 158 valence electrons. The molecular weight excluding hydrogens is 400 g/mol. The number of likely N-dealkylation sites (tertiary alicyclic amines) is 1. The zero-order valence-electron chi connectivity index (χ0n) is 16.4. The number of benzene rings is 1. The molecule has 0 aromatic heterocycles. The number of piperazine rings is 1. The number of halogens is 1. The van der Waals surface area contributed by atoms with Crippen LogP contribution in [0.3, 0.4) is 0 Å². The number of hydrogen-bond acceptors (Lipinski definition) is 5. The van der Waals surface area contributed by atoms with Crippen molar-refractivity contribution in [2.24, 2.45) is 11.1 Å². The normalized spacial score (nSPS) is 24.1. The number of hydrogen-bond donors (Lipinski definition) is 1. The van der Waals surface area contributed by atoms with Gasteiger partial charge in [0.2, 0.25) is 15.9 Å². The zero-order chi connectivity index (χ0) is 19.5. The molecule has 2 heterocycles. The molecule has 0 spiro atoms. The summed E-state index contributed by atoms with van der Waals surface area (Å²) in [6.45, 7) is 6.56. The van der Waals surface area contributed by atoms with Gasteiger partial charge in [-0.15, -0.1) is 12.4 Å². The third-order valence-electron chi connectivity index (χ3n) is 5.67.